The maximum atomic E-state index is 13.1. The number of alkyl halides is 2. The van der Waals surface area contributed by atoms with Crippen LogP contribution in [0.5, 0.6) is 11.5 Å². The highest BCUT2D eigenvalue weighted by Crippen LogP contribution is 2.33. The standard InChI is InChI=1S/C10H13F2NO3/c1-16-8-4-6(2-3-7(8)15)9(13)10(11,12)5-14/h2-4,9,14-15H,5,13H2,1H3/t9-/m1/s1. The molecule has 4 N–H and O–H groups in total. The minimum Gasteiger partial charge on any atom is -0.504 e. The number of phenols is 1. The molecule has 0 amide bonds. The highest BCUT2D eigenvalue weighted by atomic mass is 19.3. The molecule has 0 aromatic heterocycles. The molecule has 0 unspecified atom stereocenters. The molecule has 1 aromatic carbocycles. The van der Waals surface area contributed by atoms with Crippen LogP contribution < -0.4 is 10.5 Å². The van der Waals surface area contributed by atoms with Crippen molar-refractivity contribution in [3.8, 4) is 11.5 Å². The lowest BCUT2D eigenvalue weighted by atomic mass is 10.0. The first kappa shape index (κ1) is 12.7. The van der Waals surface area contributed by atoms with Crippen LogP contribution in [0.4, 0.5) is 8.78 Å². The summed E-state index contributed by atoms with van der Waals surface area (Å²) < 4.78 is 30.9. The van der Waals surface area contributed by atoms with Gasteiger partial charge in [0.1, 0.15) is 6.61 Å². The van der Waals surface area contributed by atoms with Gasteiger partial charge in [-0.25, -0.2) is 8.78 Å². The van der Waals surface area contributed by atoms with Gasteiger partial charge in [-0.15, -0.1) is 0 Å². The Balaban J connectivity index is 3.05. The Hall–Kier alpha value is -1.40. The summed E-state index contributed by atoms with van der Waals surface area (Å²) in [4.78, 5) is 0. The van der Waals surface area contributed by atoms with Crippen LogP contribution in [0, 0.1) is 0 Å². The van der Waals surface area contributed by atoms with E-state index in [1.165, 1.54) is 25.3 Å². The monoisotopic (exact) mass is 233 g/mol. The molecule has 0 spiro atoms. The zero-order chi connectivity index (χ0) is 12.3. The third-order valence-corrected chi connectivity index (χ3v) is 2.23. The first-order chi connectivity index (χ1) is 7.42. The SMILES string of the molecule is COc1cc([C@@H](N)C(F)(F)CO)ccc1O. The highest BCUT2D eigenvalue weighted by molar-refractivity contribution is 5.43. The number of aliphatic hydroxyl groups is 1. The van der Waals surface area contributed by atoms with E-state index in [2.05, 4.69) is 0 Å². The fourth-order valence-corrected chi connectivity index (χ4v) is 1.23. The Morgan fingerprint density at radius 1 is 1.50 bits per heavy atom. The van der Waals surface area contributed by atoms with Gasteiger partial charge in [-0.1, -0.05) is 6.07 Å². The summed E-state index contributed by atoms with van der Waals surface area (Å²) >= 11 is 0. The topological polar surface area (TPSA) is 75.7 Å². The van der Waals surface area contributed by atoms with Crippen LogP contribution in [-0.4, -0.2) is 29.9 Å². The lowest BCUT2D eigenvalue weighted by Crippen LogP contribution is -2.36. The van der Waals surface area contributed by atoms with Crippen molar-refractivity contribution in [2.75, 3.05) is 13.7 Å². The molecule has 6 heteroatoms. The number of phenolic OH excluding ortho intramolecular Hbond substituents is 1. The van der Waals surface area contributed by atoms with Crippen molar-refractivity contribution in [3.05, 3.63) is 23.8 Å². The van der Waals surface area contributed by atoms with E-state index in [9.17, 15) is 13.9 Å². The average molecular weight is 233 g/mol. The largest absolute Gasteiger partial charge is 0.504 e. The number of methoxy groups -OCH3 is 1. The van der Waals surface area contributed by atoms with Crippen molar-refractivity contribution in [2.45, 2.75) is 12.0 Å². The molecular formula is C10H13F2NO3. The summed E-state index contributed by atoms with van der Waals surface area (Å²) in [5.41, 5.74) is 5.39. The predicted molar refractivity (Wildman–Crippen MR) is 53.6 cm³/mol. The second-order valence-corrected chi connectivity index (χ2v) is 3.33. The van der Waals surface area contributed by atoms with Crippen LogP contribution in [0.25, 0.3) is 0 Å². The molecule has 0 heterocycles. The van der Waals surface area contributed by atoms with Gasteiger partial charge in [0.25, 0.3) is 5.92 Å². The Labute approximate surface area is 91.3 Å². The maximum absolute atomic E-state index is 13.1. The number of aliphatic hydroxyl groups excluding tert-OH is 1. The number of hydrogen-bond acceptors (Lipinski definition) is 4. The molecule has 4 nitrogen and oxygen atoms in total. The molecule has 90 valence electrons. The van der Waals surface area contributed by atoms with Crippen molar-refractivity contribution >= 4 is 0 Å². The second kappa shape index (κ2) is 4.63. The molecule has 0 radical (unpaired) electrons. The molecule has 0 aliphatic rings. The summed E-state index contributed by atoms with van der Waals surface area (Å²) in [6, 6.07) is 2.03. The molecule has 0 bridgehead atoms. The van der Waals surface area contributed by atoms with Crippen molar-refractivity contribution in [1.29, 1.82) is 0 Å². The number of hydrogen-bond donors (Lipinski definition) is 3. The van der Waals surface area contributed by atoms with E-state index >= 15 is 0 Å². The smallest absolute Gasteiger partial charge is 0.289 e. The first-order valence-corrected chi connectivity index (χ1v) is 4.53. The number of aromatic hydroxyl groups is 1. The first-order valence-electron chi connectivity index (χ1n) is 4.53. The number of nitrogens with two attached hydrogens (primary N) is 1. The minimum absolute atomic E-state index is 0.0571. The van der Waals surface area contributed by atoms with E-state index < -0.39 is 18.6 Å². The van der Waals surface area contributed by atoms with Crippen LogP contribution in [0.3, 0.4) is 0 Å². The summed E-state index contributed by atoms with van der Waals surface area (Å²) in [5.74, 6) is -3.52. The van der Waals surface area contributed by atoms with Gasteiger partial charge in [-0.05, 0) is 17.7 Å². The third-order valence-electron chi connectivity index (χ3n) is 2.23. The van der Waals surface area contributed by atoms with Crippen LogP contribution >= 0.6 is 0 Å². The van der Waals surface area contributed by atoms with Gasteiger partial charge in [-0.3, -0.25) is 0 Å². The molecule has 16 heavy (non-hydrogen) atoms. The molecular weight excluding hydrogens is 220 g/mol. The Morgan fingerprint density at radius 2 is 2.12 bits per heavy atom. The van der Waals surface area contributed by atoms with Crippen LogP contribution in [0.2, 0.25) is 0 Å². The van der Waals surface area contributed by atoms with Gasteiger partial charge in [0.15, 0.2) is 11.5 Å². The van der Waals surface area contributed by atoms with E-state index in [0.29, 0.717) is 0 Å². The number of benzene rings is 1. The van der Waals surface area contributed by atoms with Gasteiger partial charge in [0.2, 0.25) is 0 Å². The Morgan fingerprint density at radius 3 is 2.62 bits per heavy atom. The fourth-order valence-electron chi connectivity index (χ4n) is 1.23. The van der Waals surface area contributed by atoms with E-state index in [-0.39, 0.29) is 17.1 Å². The molecule has 1 atom stereocenters. The quantitative estimate of drug-likeness (QED) is 0.726. The van der Waals surface area contributed by atoms with Gasteiger partial charge >= 0.3 is 0 Å². The normalized spacial score (nSPS) is 13.6. The molecule has 0 saturated carbocycles. The summed E-state index contributed by atoms with van der Waals surface area (Å²) in [6.45, 7) is -1.34. The van der Waals surface area contributed by atoms with E-state index in [1.807, 2.05) is 0 Å². The van der Waals surface area contributed by atoms with E-state index in [4.69, 9.17) is 15.6 Å². The molecule has 1 aromatic rings. The lowest BCUT2D eigenvalue weighted by molar-refractivity contribution is -0.0712. The Kier molecular flexibility index (Phi) is 3.66. The molecule has 0 fully saturated rings. The predicted octanol–water partition coefficient (Wildman–Crippen LogP) is 1.03. The number of ether oxygens (including phenoxy) is 1. The average Bonchev–Trinajstić information content (AvgIpc) is 2.28. The molecule has 0 aliphatic carbocycles. The van der Waals surface area contributed by atoms with Gasteiger partial charge in [0.05, 0.1) is 13.2 Å². The lowest BCUT2D eigenvalue weighted by Gasteiger charge is -2.22. The zero-order valence-corrected chi connectivity index (χ0v) is 8.65. The zero-order valence-electron chi connectivity index (χ0n) is 8.65. The third kappa shape index (κ3) is 2.40. The summed E-state index contributed by atoms with van der Waals surface area (Å²) in [7, 11) is 1.30. The highest BCUT2D eigenvalue weighted by Gasteiger charge is 2.37. The van der Waals surface area contributed by atoms with E-state index in [1.54, 1.807) is 0 Å². The molecule has 0 saturated heterocycles. The molecule has 0 aliphatic heterocycles. The van der Waals surface area contributed by atoms with Crippen molar-refractivity contribution < 1.29 is 23.7 Å². The van der Waals surface area contributed by atoms with Crippen molar-refractivity contribution in [2.24, 2.45) is 5.73 Å². The van der Waals surface area contributed by atoms with Gasteiger partial charge in [-0.2, -0.15) is 0 Å². The van der Waals surface area contributed by atoms with Crippen LogP contribution in [0.15, 0.2) is 18.2 Å². The van der Waals surface area contributed by atoms with Crippen molar-refractivity contribution in [1.82, 2.24) is 0 Å². The number of halogens is 2. The van der Waals surface area contributed by atoms with Gasteiger partial charge < -0.3 is 20.7 Å². The summed E-state index contributed by atoms with van der Waals surface area (Å²) in [6.07, 6.45) is 0. The van der Waals surface area contributed by atoms with Crippen molar-refractivity contribution in [3.63, 3.8) is 0 Å². The Bertz CT molecular complexity index is 371. The van der Waals surface area contributed by atoms with Gasteiger partial charge in [0, 0.05) is 0 Å². The maximum Gasteiger partial charge on any atom is 0.289 e. The number of rotatable bonds is 4. The second-order valence-electron chi connectivity index (χ2n) is 3.33. The fraction of sp³-hybridized carbons (Fsp3) is 0.400. The molecule has 1 rings (SSSR count). The van der Waals surface area contributed by atoms with E-state index in [0.717, 1.165) is 0 Å². The summed E-state index contributed by atoms with van der Waals surface area (Å²) in [5, 5.41) is 17.8. The van der Waals surface area contributed by atoms with Crippen LogP contribution in [-0.2, 0) is 0 Å². The minimum atomic E-state index is -3.41. The van der Waals surface area contributed by atoms with Crippen LogP contribution in [0.1, 0.15) is 11.6 Å².